The number of rotatable bonds is 2. The van der Waals surface area contributed by atoms with Crippen LogP contribution >= 0.6 is 0 Å². The van der Waals surface area contributed by atoms with Gasteiger partial charge in [-0.15, -0.1) is 0 Å². The Morgan fingerprint density at radius 3 is 1.41 bits per heavy atom. The molecule has 0 fully saturated rings. The number of ether oxygens (including phenoxy) is 2. The zero-order chi connectivity index (χ0) is 19.1. The molecule has 0 N–H and O–H groups in total. The van der Waals surface area contributed by atoms with Crippen LogP contribution in [-0.2, 0) is 40.1 Å². The molecule has 0 saturated carbocycles. The van der Waals surface area contributed by atoms with E-state index >= 15 is 0 Å². The number of carbonyl (C=O) groups is 2. The summed E-state index contributed by atoms with van der Waals surface area (Å²) in [5.74, 6) is -1.16. The van der Waals surface area contributed by atoms with Crippen molar-refractivity contribution in [3.8, 4) is 0 Å². The number of aryl methyl sites for hydroxylation is 2. The van der Waals surface area contributed by atoms with E-state index in [-0.39, 0.29) is 21.1 Å². The smallest absolute Gasteiger partial charge is 0.330 e. The van der Waals surface area contributed by atoms with Gasteiger partial charge in [-0.05, 0) is 26.0 Å². The molecule has 0 aliphatic heterocycles. The zero-order valence-corrected chi connectivity index (χ0v) is 17.7. The van der Waals surface area contributed by atoms with Crippen LogP contribution in [0, 0.1) is 13.8 Å². The number of nitrogens with zero attached hydrogens (tertiary/aromatic N) is 2. The van der Waals surface area contributed by atoms with E-state index in [0.717, 1.165) is 45.3 Å². The van der Waals surface area contributed by atoms with E-state index < -0.39 is 11.9 Å². The summed E-state index contributed by atoms with van der Waals surface area (Å²) >= 11 is 0. The van der Waals surface area contributed by atoms with E-state index in [1.54, 1.807) is 0 Å². The van der Waals surface area contributed by atoms with Crippen LogP contribution in [0.5, 0.6) is 0 Å². The van der Waals surface area contributed by atoms with Gasteiger partial charge in [0.1, 0.15) is 0 Å². The SMILES string of the molecule is COC(=O)/C=C/C(=O)OC.Cc1ccc2ccc3ccc(C)nc3c2n1.[Pt]. The summed E-state index contributed by atoms with van der Waals surface area (Å²) in [5.41, 5.74) is 4.06. The molecule has 0 aliphatic carbocycles. The molecule has 0 amide bonds. The number of esters is 2. The van der Waals surface area contributed by atoms with Crippen LogP contribution in [0.1, 0.15) is 11.4 Å². The Hall–Kier alpha value is -2.59. The van der Waals surface area contributed by atoms with Crippen molar-refractivity contribution >= 4 is 33.7 Å². The molecule has 2 aromatic heterocycles. The normalized spacial score (nSPS) is 10.1. The molecule has 0 atom stereocenters. The topological polar surface area (TPSA) is 78.4 Å². The van der Waals surface area contributed by atoms with Crippen molar-refractivity contribution in [1.29, 1.82) is 0 Å². The van der Waals surface area contributed by atoms with E-state index in [1.807, 2.05) is 26.0 Å². The third kappa shape index (κ3) is 6.26. The summed E-state index contributed by atoms with van der Waals surface area (Å²) in [6.07, 6.45) is 1.98. The molecule has 2 heterocycles. The Morgan fingerprint density at radius 2 is 1.07 bits per heavy atom. The zero-order valence-electron chi connectivity index (χ0n) is 15.5. The summed E-state index contributed by atoms with van der Waals surface area (Å²) < 4.78 is 8.42. The van der Waals surface area contributed by atoms with Gasteiger partial charge in [-0.1, -0.05) is 24.3 Å². The third-order valence-corrected chi connectivity index (χ3v) is 3.56. The monoisotopic (exact) mass is 547 g/mol. The van der Waals surface area contributed by atoms with Crippen LogP contribution in [0.2, 0.25) is 0 Å². The van der Waals surface area contributed by atoms with Gasteiger partial charge in [-0.2, -0.15) is 0 Å². The second-order valence-electron chi connectivity index (χ2n) is 5.49. The van der Waals surface area contributed by atoms with Crippen molar-refractivity contribution in [3.05, 3.63) is 59.9 Å². The number of hydrogen-bond acceptors (Lipinski definition) is 6. The summed E-state index contributed by atoms with van der Waals surface area (Å²) in [6, 6.07) is 12.5. The number of fused-ring (bicyclic) bond motifs is 3. The summed E-state index contributed by atoms with van der Waals surface area (Å²) in [6.45, 7) is 4.02. The fourth-order valence-corrected chi connectivity index (χ4v) is 2.24. The standard InChI is InChI=1S/C14H12N2.C6H8O4.Pt/c1-9-3-5-11-7-8-12-6-4-10(2)16-14(12)13(11)15-9;1-9-5(7)3-4-6(8)10-2;/h3-8H,1-2H3;3-4H,1-2H3;/b;4-3+;. The van der Waals surface area contributed by atoms with Gasteiger partial charge in [0.05, 0.1) is 25.3 Å². The summed E-state index contributed by atoms with van der Waals surface area (Å²) in [4.78, 5) is 29.8. The van der Waals surface area contributed by atoms with Crippen LogP contribution in [-0.4, -0.2) is 36.1 Å². The fourth-order valence-electron chi connectivity index (χ4n) is 2.24. The van der Waals surface area contributed by atoms with E-state index in [4.69, 9.17) is 0 Å². The minimum Gasteiger partial charge on any atom is -0.466 e. The maximum absolute atomic E-state index is 10.3. The van der Waals surface area contributed by atoms with Crippen molar-refractivity contribution in [2.24, 2.45) is 0 Å². The van der Waals surface area contributed by atoms with Crippen LogP contribution < -0.4 is 0 Å². The van der Waals surface area contributed by atoms with Crippen molar-refractivity contribution in [2.75, 3.05) is 14.2 Å². The van der Waals surface area contributed by atoms with Gasteiger partial charge in [0.15, 0.2) is 0 Å². The minimum absolute atomic E-state index is 0. The number of pyridine rings is 2. The first-order chi connectivity index (χ1) is 12.4. The number of carbonyl (C=O) groups excluding carboxylic acids is 2. The largest absolute Gasteiger partial charge is 0.466 e. The third-order valence-electron chi connectivity index (χ3n) is 3.56. The van der Waals surface area contributed by atoms with Gasteiger partial charge in [0.25, 0.3) is 0 Å². The first-order valence-corrected chi connectivity index (χ1v) is 7.92. The van der Waals surface area contributed by atoms with Crippen LogP contribution in [0.15, 0.2) is 48.6 Å². The number of benzene rings is 1. The van der Waals surface area contributed by atoms with E-state index in [9.17, 15) is 9.59 Å². The van der Waals surface area contributed by atoms with Crippen molar-refractivity contribution in [3.63, 3.8) is 0 Å². The van der Waals surface area contributed by atoms with E-state index in [2.05, 4.69) is 43.7 Å². The molecule has 3 aromatic rings. The molecule has 0 aliphatic rings. The van der Waals surface area contributed by atoms with Gasteiger partial charge in [-0.3, -0.25) is 9.97 Å². The maximum atomic E-state index is 10.3. The molecular weight excluding hydrogens is 527 g/mol. The number of hydrogen-bond donors (Lipinski definition) is 0. The van der Waals surface area contributed by atoms with Crippen LogP contribution in [0.3, 0.4) is 0 Å². The van der Waals surface area contributed by atoms with E-state index in [0.29, 0.717) is 0 Å². The predicted octanol–water partition coefficient (Wildman–Crippen LogP) is 3.29. The van der Waals surface area contributed by atoms with Gasteiger partial charge in [0, 0.05) is 55.4 Å². The summed E-state index contributed by atoms with van der Waals surface area (Å²) in [5, 5.41) is 2.30. The van der Waals surface area contributed by atoms with Crippen LogP contribution in [0.25, 0.3) is 21.8 Å². The van der Waals surface area contributed by atoms with Crippen molar-refractivity contribution in [2.45, 2.75) is 13.8 Å². The molecule has 6 nitrogen and oxygen atoms in total. The molecule has 0 spiro atoms. The molecule has 0 unspecified atom stereocenters. The second kappa shape index (κ2) is 10.5. The van der Waals surface area contributed by atoms with Gasteiger partial charge in [0.2, 0.25) is 0 Å². The Balaban J connectivity index is 0.000000292. The molecule has 3 rings (SSSR count). The first-order valence-electron chi connectivity index (χ1n) is 7.92. The Bertz CT molecular complexity index is 908. The second-order valence-corrected chi connectivity index (χ2v) is 5.49. The van der Waals surface area contributed by atoms with Crippen LogP contribution in [0.4, 0.5) is 0 Å². The van der Waals surface area contributed by atoms with Gasteiger partial charge in [-0.25, -0.2) is 9.59 Å². The predicted molar refractivity (Wildman–Crippen MR) is 99.7 cm³/mol. The molecular formula is C20H20N2O4Pt. The molecule has 0 saturated heterocycles. The minimum atomic E-state index is -0.578. The molecule has 7 heteroatoms. The quantitative estimate of drug-likeness (QED) is 0.279. The van der Waals surface area contributed by atoms with Crippen molar-refractivity contribution in [1.82, 2.24) is 9.97 Å². The first kappa shape index (κ1) is 22.4. The van der Waals surface area contributed by atoms with E-state index in [1.165, 1.54) is 14.2 Å². The van der Waals surface area contributed by atoms with Gasteiger partial charge >= 0.3 is 11.9 Å². The molecule has 27 heavy (non-hydrogen) atoms. The maximum Gasteiger partial charge on any atom is 0.330 e. The Labute approximate surface area is 171 Å². The number of aromatic nitrogens is 2. The Morgan fingerprint density at radius 1 is 0.741 bits per heavy atom. The fraction of sp³-hybridized carbons (Fsp3) is 0.200. The van der Waals surface area contributed by atoms with Gasteiger partial charge < -0.3 is 9.47 Å². The average Bonchev–Trinajstić information content (AvgIpc) is 2.66. The molecule has 1 aromatic carbocycles. The molecule has 0 radical (unpaired) electrons. The number of methoxy groups -OCH3 is 2. The average molecular weight is 547 g/mol. The van der Waals surface area contributed by atoms with Crippen molar-refractivity contribution < 1.29 is 40.1 Å². The summed E-state index contributed by atoms with van der Waals surface area (Å²) in [7, 11) is 2.45. The molecule has 0 bridgehead atoms. The Kier molecular flexibility index (Phi) is 8.76. The molecule has 144 valence electrons.